The van der Waals surface area contributed by atoms with Crippen molar-refractivity contribution in [1.29, 1.82) is 0 Å². The Morgan fingerprint density at radius 3 is 2.53 bits per heavy atom. The van der Waals surface area contributed by atoms with E-state index in [2.05, 4.69) is 10.5 Å². The molecule has 0 unspecified atom stereocenters. The number of aliphatic hydroxyl groups is 1. The molecule has 0 bridgehead atoms. The largest absolute Gasteiger partial charge is 0.395 e. The van der Waals surface area contributed by atoms with Gasteiger partial charge in [-0.25, -0.2) is 0 Å². The first kappa shape index (κ1) is 11.2. The number of rotatable bonds is 4. The SMILES string of the molecule is OCC1(c2ccon2)CCC(NC2CC2)CC1. The van der Waals surface area contributed by atoms with Gasteiger partial charge in [-0.3, -0.25) is 0 Å². The molecule has 0 radical (unpaired) electrons. The van der Waals surface area contributed by atoms with E-state index >= 15 is 0 Å². The van der Waals surface area contributed by atoms with Crippen LogP contribution in [0.5, 0.6) is 0 Å². The molecule has 2 N–H and O–H groups in total. The average Bonchev–Trinajstić information content (AvgIpc) is 3.01. The molecule has 0 saturated heterocycles. The van der Waals surface area contributed by atoms with E-state index in [1.54, 1.807) is 6.26 Å². The highest BCUT2D eigenvalue weighted by atomic mass is 16.5. The van der Waals surface area contributed by atoms with Crippen LogP contribution in [0.15, 0.2) is 16.9 Å². The van der Waals surface area contributed by atoms with Gasteiger partial charge in [-0.15, -0.1) is 0 Å². The van der Waals surface area contributed by atoms with E-state index in [0.717, 1.165) is 37.4 Å². The molecular formula is C13H20N2O2. The van der Waals surface area contributed by atoms with Crippen LogP contribution in [0.3, 0.4) is 0 Å². The van der Waals surface area contributed by atoms with Gasteiger partial charge in [0, 0.05) is 23.6 Å². The fourth-order valence-corrected chi connectivity index (χ4v) is 2.90. The lowest BCUT2D eigenvalue weighted by Crippen LogP contribution is -2.42. The second-order valence-corrected chi connectivity index (χ2v) is 5.54. The number of nitrogens with one attached hydrogen (secondary N) is 1. The summed E-state index contributed by atoms with van der Waals surface area (Å²) >= 11 is 0. The maximum Gasteiger partial charge on any atom is 0.124 e. The molecule has 0 aromatic carbocycles. The minimum atomic E-state index is -0.158. The molecule has 2 saturated carbocycles. The van der Waals surface area contributed by atoms with Gasteiger partial charge >= 0.3 is 0 Å². The molecule has 1 aromatic rings. The second-order valence-electron chi connectivity index (χ2n) is 5.54. The minimum absolute atomic E-state index is 0.158. The van der Waals surface area contributed by atoms with E-state index in [4.69, 9.17) is 4.52 Å². The van der Waals surface area contributed by atoms with Crippen LogP contribution in [0.2, 0.25) is 0 Å². The Morgan fingerprint density at radius 1 is 1.29 bits per heavy atom. The monoisotopic (exact) mass is 236 g/mol. The maximum absolute atomic E-state index is 9.69. The van der Waals surface area contributed by atoms with Crippen molar-refractivity contribution in [1.82, 2.24) is 10.5 Å². The summed E-state index contributed by atoms with van der Waals surface area (Å²) in [6.45, 7) is 0.176. The molecule has 2 aliphatic rings. The van der Waals surface area contributed by atoms with Gasteiger partial charge in [-0.05, 0) is 38.5 Å². The second kappa shape index (κ2) is 4.42. The van der Waals surface area contributed by atoms with Crippen LogP contribution in [0.25, 0.3) is 0 Å². The van der Waals surface area contributed by atoms with Gasteiger partial charge in [0.25, 0.3) is 0 Å². The molecule has 4 nitrogen and oxygen atoms in total. The van der Waals surface area contributed by atoms with Crippen molar-refractivity contribution in [3.8, 4) is 0 Å². The van der Waals surface area contributed by atoms with Crippen LogP contribution in [-0.2, 0) is 5.41 Å². The third-order valence-electron chi connectivity index (χ3n) is 4.28. The highest BCUT2D eigenvalue weighted by molar-refractivity contribution is 5.16. The molecule has 3 rings (SSSR count). The fourth-order valence-electron chi connectivity index (χ4n) is 2.90. The third-order valence-corrected chi connectivity index (χ3v) is 4.28. The van der Waals surface area contributed by atoms with Crippen molar-refractivity contribution >= 4 is 0 Å². The molecule has 94 valence electrons. The number of hydrogen-bond donors (Lipinski definition) is 2. The summed E-state index contributed by atoms with van der Waals surface area (Å²) in [5.74, 6) is 0. The Kier molecular flexibility index (Phi) is 2.92. The van der Waals surface area contributed by atoms with Gasteiger partial charge in [-0.2, -0.15) is 0 Å². The van der Waals surface area contributed by atoms with E-state index in [0.29, 0.717) is 6.04 Å². The maximum atomic E-state index is 9.69. The Morgan fingerprint density at radius 2 is 2.00 bits per heavy atom. The van der Waals surface area contributed by atoms with Gasteiger partial charge in [0.1, 0.15) is 6.26 Å². The smallest absolute Gasteiger partial charge is 0.124 e. The first-order chi connectivity index (χ1) is 8.32. The first-order valence-electron chi connectivity index (χ1n) is 6.60. The van der Waals surface area contributed by atoms with E-state index in [-0.39, 0.29) is 12.0 Å². The molecule has 17 heavy (non-hydrogen) atoms. The van der Waals surface area contributed by atoms with Crippen LogP contribution < -0.4 is 5.32 Å². The number of aliphatic hydroxyl groups excluding tert-OH is 1. The number of nitrogens with zero attached hydrogens (tertiary/aromatic N) is 1. The lowest BCUT2D eigenvalue weighted by molar-refractivity contribution is 0.131. The molecule has 4 heteroatoms. The number of hydrogen-bond acceptors (Lipinski definition) is 4. The Hall–Kier alpha value is -0.870. The van der Waals surface area contributed by atoms with Gasteiger partial charge in [-0.1, -0.05) is 5.16 Å². The lowest BCUT2D eigenvalue weighted by Gasteiger charge is -2.37. The highest BCUT2D eigenvalue weighted by Crippen LogP contribution is 2.39. The molecule has 1 aromatic heterocycles. The van der Waals surface area contributed by atoms with Crippen LogP contribution in [0, 0.1) is 0 Å². The van der Waals surface area contributed by atoms with Crippen molar-refractivity contribution in [2.45, 2.75) is 56.0 Å². The van der Waals surface area contributed by atoms with Crippen molar-refractivity contribution in [2.75, 3.05) is 6.61 Å². The van der Waals surface area contributed by atoms with Gasteiger partial charge in [0.15, 0.2) is 0 Å². The van der Waals surface area contributed by atoms with E-state index in [1.165, 1.54) is 12.8 Å². The molecule has 1 heterocycles. The Labute approximate surface area is 101 Å². The van der Waals surface area contributed by atoms with Crippen molar-refractivity contribution in [3.63, 3.8) is 0 Å². The lowest BCUT2D eigenvalue weighted by atomic mass is 9.71. The minimum Gasteiger partial charge on any atom is -0.395 e. The van der Waals surface area contributed by atoms with E-state index < -0.39 is 0 Å². The zero-order chi connectivity index (χ0) is 11.7. The fraction of sp³-hybridized carbons (Fsp3) is 0.769. The molecule has 0 atom stereocenters. The summed E-state index contributed by atoms with van der Waals surface area (Å²) in [7, 11) is 0. The van der Waals surface area contributed by atoms with Crippen molar-refractivity contribution in [2.24, 2.45) is 0 Å². The third kappa shape index (κ3) is 2.24. The number of aromatic nitrogens is 1. The first-order valence-corrected chi connectivity index (χ1v) is 6.60. The zero-order valence-electron chi connectivity index (χ0n) is 10.1. The average molecular weight is 236 g/mol. The predicted molar refractivity (Wildman–Crippen MR) is 63.7 cm³/mol. The summed E-state index contributed by atoms with van der Waals surface area (Å²) in [4.78, 5) is 0. The Balaban J connectivity index is 1.64. The molecule has 2 fully saturated rings. The van der Waals surface area contributed by atoms with Crippen LogP contribution in [0.4, 0.5) is 0 Å². The van der Waals surface area contributed by atoms with Crippen LogP contribution >= 0.6 is 0 Å². The zero-order valence-corrected chi connectivity index (χ0v) is 10.1. The quantitative estimate of drug-likeness (QED) is 0.833. The topological polar surface area (TPSA) is 58.3 Å². The normalized spacial score (nSPS) is 33.8. The van der Waals surface area contributed by atoms with Gasteiger partial charge in [0.2, 0.25) is 0 Å². The summed E-state index contributed by atoms with van der Waals surface area (Å²) in [6.07, 6.45) is 8.53. The van der Waals surface area contributed by atoms with Gasteiger partial charge in [0.05, 0.1) is 12.3 Å². The molecule has 0 aliphatic heterocycles. The van der Waals surface area contributed by atoms with Crippen molar-refractivity contribution < 1.29 is 9.63 Å². The van der Waals surface area contributed by atoms with Crippen molar-refractivity contribution in [3.05, 3.63) is 18.0 Å². The summed E-state index contributed by atoms with van der Waals surface area (Å²) in [5, 5.41) is 17.4. The summed E-state index contributed by atoms with van der Waals surface area (Å²) in [5.41, 5.74) is 0.763. The van der Waals surface area contributed by atoms with E-state index in [9.17, 15) is 5.11 Å². The standard InChI is InChI=1S/C13H20N2O2/c16-9-13(12-5-8-17-15-12)6-3-11(4-7-13)14-10-1-2-10/h5,8,10-11,14,16H,1-4,6-7,9H2. The molecule has 0 amide bonds. The highest BCUT2D eigenvalue weighted by Gasteiger charge is 2.39. The van der Waals surface area contributed by atoms with Crippen LogP contribution in [0.1, 0.15) is 44.2 Å². The van der Waals surface area contributed by atoms with E-state index in [1.807, 2.05) is 6.07 Å². The molecule has 2 aliphatic carbocycles. The van der Waals surface area contributed by atoms with Crippen LogP contribution in [-0.4, -0.2) is 29.0 Å². The Bertz CT molecular complexity index is 352. The summed E-state index contributed by atoms with van der Waals surface area (Å²) < 4.78 is 4.92. The predicted octanol–water partition coefficient (Wildman–Crippen LogP) is 1.60. The van der Waals surface area contributed by atoms with Gasteiger partial charge < -0.3 is 14.9 Å². The molecule has 0 spiro atoms. The molecular weight excluding hydrogens is 216 g/mol. The summed E-state index contributed by atoms with van der Waals surface area (Å²) in [6, 6.07) is 3.30.